The van der Waals surface area contributed by atoms with E-state index in [1.165, 1.54) is 18.1 Å². The van der Waals surface area contributed by atoms with Crippen LogP contribution in [0.5, 0.6) is 0 Å². The van der Waals surface area contributed by atoms with Gasteiger partial charge in [0.25, 0.3) is 0 Å². The summed E-state index contributed by atoms with van der Waals surface area (Å²) >= 11 is 1.51. The average molecular weight is 805 g/mol. The smallest absolute Gasteiger partial charge is 0.243 e. The number of aromatic nitrogens is 4. The van der Waals surface area contributed by atoms with Crippen molar-refractivity contribution < 1.29 is 24.0 Å². The first-order valence-electron chi connectivity index (χ1n) is 19.0. The van der Waals surface area contributed by atoms with Crippen molar-refractivity contribution in [3.8, 4) is 0 Å². The number of hydrogen-bond acceptors (Lipinski definition) is 8. The zero-order valence-corrected chi connectivity index (χ0v) is 32.8. The van der Waals surface area contributed by atoms with Gasteiger partial charge in [-0.25, -0.2) is 4.98 Å². The molecule has 0 fully saturated rings. The molecule has 16 heteroatoms. The Balaban J connectivity index is 1.30. The number of aromatic amines is 3. The van der Waals surface area contributed by atoms with Gasteiger partial charge in [0.1, 0.15) is 24.2 Å². The normalized spacial score (nSPS) is 13.9. The minimum atomic E-state index is -1.22. The molecule has 0 bridgehead atoms. The molecule has 3 aromatic carbocycles. The van der Waals surface area contributed by atoms with Gasteiger partial charge < -0.3 is 47.7 Å². The number of carbonyl (C=O) groups is 5. The predicted molar refractivity (Wildman–Crippen MR) is 224 cm³/mol. The number of nitrogens with one attached hydrogen (secondary N) is 7. The summed E-state index contributed by atoms with van der Waals surface area (Å²) in [6.45, 7) is 0. The van der Waals surface area contributed by atoms with Crippen molar-refractivity contribution in [1.29, 1.82) is 0 Å². The molecule has 0 spiro atoms. The zero-order valence-electron chi connectivity index (χ0n) is 32.0. The molecule has 0 saturated carbocycles. The van der Waals surface area contributed by atoms with Gasteiger partial charge in [0, 0.05) is 71.8 Å². The van der Waals surface area contributed by atoms with Crippen molar-refractivity contribution in [2.75, 3.05) is 12.0 Å². The number of benzene rings is 3. The van der Waals surface area contributed by atoms with Crippen LogP contribution >= 0.6 is 11.8 Å². The molecule has 3 aromatic heterocycles. The van der Waals surface area contributed by atoms with Gasteiger partial charge in [0.05, 0.1) is 12.4 Å². The van der Waals surface area contributed by atoms with Crippen LogP contribution in [0.25, 0.3) is 21.8 Å². The van der Waals surface area contributed by atoms with Gasteiger partial charge in [0.15, 0.2) is 0 Å². The zero-order chi connectivity index (χ0) is 41.0. The number of amides is 5. The second-order valence-electron chi connectivity index (χ2n) is 14.1. The van der Waals surface area contributed by atoms with E-state index >= 15 is 0 Å². The van der Waals surface area contributed by atoms with Crippen LogP contribution in [-0.4, -0.2) is 91.7 Å². The molecule has 6 aromatic rings. The average Bonchev–Trinajstić information content (AvgIpc) is 4.00. The van der Waals surface area contributed by atoms with Crippen molar-refractivity contribution >= 4 is 63.1 Å². The summed E-state index contributed by atoms with van der Waals surface area (Å²) in [6.07, 6.45) is 9.15. The van der Waals surface area contributed by atoms with Crippen molar-refractivity contribution in [3.63, 3.8) is 0 Å². The summed E-state index contributed by atoms with van der Waals surface area (Å²) in [5.41, 5.74) is 16.6. The number of nitrogens with two attached hydrogens (primary N) is 2. The number of thioether (sulfide) groups is 1. The van der Waals surface area contributed by atoms with Gasteiger partial charge in [-0.1, -0.05) is 66.7 Å². The van der Waals surface area contributed by atoms with E-state index in [-0.39, 0.29) is 25.7 Å². The SMILES string of the molecule is CSCC[C@H](NC(=O)[C@H](Cc1ccccc1)NC(=O)[C@@H](Cc1c[nH]c2ccccc12)NC(=O)[C@@H](Cc1c[nH]c2ccccc12)NC(=O)[C@@H](N)Cc1cnc[nH]1)C(N)=O. The number of hydrogen-bond donors (Lipinski definition) is 9. The summed E-state index contributed by atoms with van der Waals surface area (Å²) in [5, 5.41) is 13.1. The minimum Gasteiger partial charge on any atom is -0.368 e. The highest BCUT2D eigenvalue weighted by Crippen LogP contribution is 2.21. The maximum atomic E-state index is 14.5. The van der Waals surface area contributed by atoms with E-state index in [0.29, 0.717) is 17.9 Å². The van der Waals surface area contributed by atoms with Crippen LogP contribution in [0, 0.1) is 0 Å². The fourth-order valence-electron chi connectivity index (χ4n) is 6.86. The molecule has 5 amide bonds. The molecule has 15 nitrogen and oxygen atoms in total. The van der Waals surface area contributed by atoms with Crippen LogP contribution in [0.15, 0.2) is 104 Å². The summed E-state index contributed by atoms with van der Waals surface area (Å²) in [7, 11) is 0. The minimum absolute atomic E-state index is 0.0337. The number of para-hydroxylation sites is 2. The number of carbonyl (C=O) groups excluding carboxylic acids is 5. The lowest BCUT2D eigenvalue weighted by Gasteiger charge is -2.27. The molecular formula is C42H48N10O5S. The second-order valence-corrected chi connectivity index (χ2v) is 15.1. The largest absolute Gasteiger partial charge is 0.368 e. The molecule has 3 heterocycles. The lowest BCUT2D eigenvalue weighted by atomic mass is 10.00. The van der Waals surface area contributed by atoms with Crippen LogP contribution in [0.4, 0.5) is 0 Å². The topological polar surface area (TPSA) is 246 Å². The molecule has 302 valence electrons. The van der Waals surface area contributed by atoms with E-state index in [2.05, 4.69) is 41.2 Å². The Bertz CT molecular complexity index is 2330. The fourth-order valence-corrected chi connectivity index (χ4v) is 7.33. The first kappa shape index (κ1) is 41.2. The number of H-pyrrole nitrogens is 3. The first-order valence-corrected chi connectivity index (χ1v) is 20.4. The third kappa shape index (κ3) is 10.7. The second kappa shape index (κ2) is 19.7. The molecule has 0 saturated heterocycles. The highest BCUT2D eigenvalue weighted by atomic mass is 32.2. The van der Waals surface area contributed by atoms with Crippen molar-refractivity contribution in [2.45, 2.75) is 62.3 Å². The van der Waals surface area contributed by atoms with E-state index in [1.54, 1.807) is 18.6 Å². The maximum Gasteiger partial charge on any atom is 0.243 e. The molecule has 0 radical (unpaired) electrons. The van der Waals surface area contributed by atoms with Crippen LogP contribution in [-0.2, 0) is 49.7 Å². The number of fused-ring (bicyclic) bond motifs is 2. The molecular weight excluding hydrogens is 757 g/mol. The highest BCUT2D eigenvalue weighted by Gasteiger charge is 2.33. The Morgan fingerprint density at radius 3 is 1.66 bits per heavy atom. The van der Waals surface area contributed by atoms with E-state index < -0.39 is 59.7 Å². The lowest BCUT2D eigenvalue weighted by Crippen LogP contribution is -2.60. The monoisotopic (exact) mass is 804 g/mol. The summed E-state index contributed by atoms with van der Waals surface area (Å²) < 4.78 is 0. The van der Waals surface area contributed by atoms with Crippen LogP contribution in [0.2, 0.25) is 0 Å². The van der Waals surface area contributed by atoms with Gasteiger partial charge in [-0.15, -0.1) is 0 Å². The van der Waals surface area contributed by atoms with E-state index in [0.717, 1.165) is 38.5 Å². The van der Waals surface area contributed by atoms with Crippen LogP contribution in [0.3, 0.4) is 0 Å². The van der Waals surface area contributed by atoms with Crippen molar-refractivity contribution in [1.82, 2.24) is 41.2 Å². The Morgan fingerprint density at radius 2 is 1.14 bits per heavy atom. The Hall–Kier alpha value is -6.39. The van der Waals surface area contributed by atoms with E-state index in [1.807, 2.05) is 85.1 Å². The van der Waals surface area contributed by atoms with E-state index in [9.17, 15) is 24.0 Å². The van der Waals surface area contributed by atoms with Crippen molar-refractivity contribution in [2.24, 2.45) is 11.5 Å². The van der Waals surface area contributed by atoms with Gasteiger partial charge in [-0.3, -0.25) is 24.0 Å². The number of primary amides is 1. The van der Waals surface area contributed by atoms with Crippen molar-refractivity contribution in [3.05, 3.63) is 126 Å². The number of nitrogens with zero attached hydrogens (tertiary/aromatic N) is 1. The number of imidazole rings is 1. The molecule has 0 aliphatic rings. The molecule has 0 aliphatic heterocycles. The predicted octanol–water partition coefficient (Wildman–Crippen LogP) is 2.15. The summed E-state index contributed by atoms with van der Waals surface area (Å²) in [5.74, 6) is -2.58. The Kier molecular flexibility index (Phi) is 14.0. The molecule has 11 N–H and O–H groups in total. The molecule has 5 atom stereocenters. The maximum absolute atomic E-state index is 14.5. The summed E-state index contributed by atoms with van der Waals surface area (Å²) in [6, 6.07) is 18.8. The standard InChI is InChI=1S/C42H48N10O5S/c1-58-16-15-34(38(44)53)49-40(55)35(17-25-9-3-2-4-10-25)51-42(57)37(19-27-22-47-33-14-8-6-12-30(27)33)52-41(56)36(18-26-21-46-32-13-7-5-11-29(26)32)50-39(54)31(43)20-28-23-45-24-48-28/h2-14,21-24,31,34-37,46-47H,15-20,43H2,1H3,(H2,44,53)(H,45,48)(H,49,55)(H,50,54)(H,51,57)(H,52,56)/t31-,34-,35-,36+,37+/m0/s1. The summed E-state index contributed by atoms with van der Waals surface area (Å²) in [4.78, 5) is 82.2. The van der Waals surface area contributed by atoms with Gasteiger partial charge in [0.2, 0.25) is 29.5 Å². The van der Waals surface area contributed by atoms with Gasteiger partial charge in [-0.2, -0.15) is 11.8 Å². The Morgan fingerprint density at radius 1 is 0.638 bits per heavy atom. The third-order valence-electron chi connectivity index (χ3n) is 9.98. The molecule has 0 unspecified atom stereocenters. The van der Waals surface area contributed by atoms with Gasteiger partial charge >= 0.3 is 0 Å². The third-order valence-corrected chi connectivity index (χ3v) is 10.6. The van der Waals surface area contributed by atoms with Crippen LogP contribution < -0.4 is 32.7 Å². The quantitative estimate of drug-likeness (QED) is 0.0552. The first-order chi connectivity index (χ1) is 28.1. The lowest BCUT2D eigenvalue weighted by molar-refractivity contribution is -0.134. The molecule has 6 rings (SSSR count). The molecule has 58 heavy (non-hydrogen) atoms. The molecule has 0 aliphatic carbocycles. The fraction of sp³-hybridized carbons (Fsp3) is 0.286. The Labute approximate surface area is 339 Å². The van der Waals surface area contributed by atoms with E-state index in [4.69, 9.17) is 11.5 Å². The van der Waals surface area contributed by atoms with Gasteiger partial charge in [-0.05, 0) is 47.3 Å². The number of rotatable bonds is 20. The highest BCUT2D eigenvalue weighted by molar-refractivity contribution is 7.98. The van der Waals surface area contributed by atoms with Crippen LogP contribution in [0.1, 0.15) is 28.8 Å².